The van der Waals surface area contributed by atoms with Gasteiger partial charge in [0.2, 0.25) is 5.95 Å². The minimum atomic E-state index is -0.220. The molecular weight excluding hydrogens is 280 g/mol. The molecule has 1 aromatic carbocycles. The van der Waals surface area contributed by atoms with E-state index in [1.807, 2.05) is 38.1 Å². The van der Waals surface area contributed by atoms with Gasteiger partial charge in [0, 0.05) is 30.5 Å². The quantitative estimate of drug-likeness (QED) is 0.855. The van der Waals surface area contributed by atoms with Crippen LogP contribution in [0.15, 0.2) is 36.7 Å². The highest BCUT2D eigenvalue weighted by molar-refractivity contribution is 5.93. The molecule has 1 amide bonds. The Morgan fingerprint density at radius 2 is 1.91 bits per heavy atom. The van der Waals surface area contributed by atoms with Gasteiger partial charge in [0.05, 0.1) is 12.7 Å². The van der Waals surface area contributed by atoms with Crippen LogP contribution in [-0.4, -0.2) is 29.0 Å². The number of rotatable bonds is 6. The maximum absolute atomic E-state index is 12.1. The predicted octanol–water partition coefficient (Wildman–Crippen LogP) is 2.24. The minimum absolute atomic E-state index is 0.220. The van der Waals surface area contributed by atoms with Crippen LogP contribution in [0.2, 0.25) is 0 Å². The number of carbonyl (C=O) groups is 1. The molecule has 0 aliphatic heterocycles. The van der Waals surface area contributed by atoms with Crippen molar-refractivity contribution in [1.29, 1.82) is 0 Å². The van der Waals surface area contributed by atoms with Gasteiger partial charge in [0.25, 0.3) is 5.91 Å². The van der Waals surface area contributed by atoms with E-state index in [-0.39, 0.29) is 11.9 Å². The van der Waals surface area contributed by atoms with Crippen molar-refractivity contribution < 1.29 is 9.53 Å². The van der Waals surface area contributed by atoms with Crippen LogP contribution in [0.5, 0.6) is 5.75 Å². The second-order valence-electron chi connectivity index (χ2n) is 5.09. The topological polar surface area (TPSA) is 76.1 Å². The zero-order chi connectivity index (χ0) is 15.9. The molecule has 0 radical (unpaired) electrons. The van der Waals surface area contributed by atoms with Gasteiger partial charge in [-0.3, -0.25) is 4.79 Å². The molecule has 0 fully saturated rings. The molecule has 2 aromatic rings. The van der Waals surface area contributed by atoms with E-state index in [4.69, 9.17) is 4.74 Å². The number of ether oxygens (including phenoxy) is 1. The van der Waals surface area contributed by atoms with Gasteiger partial charge in [-0.15, -0.1) is 0 Å². The summed E-state index contributed by atoms with van der Waals surface area (Å²) in [6.07, 6.45) is 3.02. The van der Waals surface area contributed by atoms with Crippen molar-refractivity contribution in [2.45, 2.75) is 26.4 Å². The third kappa shape index (κ3) is 4.18. The largest absolute Gasteiger partial charge is 0.496 e. The first-order chi connectivity index (χ1) is 10.6. The van der Waals surface area contributed by atoms with Crippen molar-refractivity contribution in [3.05, 3.63) is 47.8 Å². The Hall–Kier alpha value is -2.63. The maximum Gasteiger partial charge on any atom is 0.254 e. The van der Waals surface area contributed by atoms with Crippen LogP contribution >= 0.6 is 0 Å². The molecule has 0 aliphatic rings. The van der Waals surface area contributed by atoms with E-state index in [0.717, 1.165) is 11.3 Å². The molecule has 22 heavy (non-hydrogen) atoms. The first-order valence-electron chi connectivity index (χ1n) is 7.09. The molecule has 0 spiro atoms. The normalized spacial score (nSPS) is 10.4. The van der Waals surface area contributed by atoms with Crippen LogP contribution in [0.4, 0.5) is 5.95 Å². The van der Waals surface area contributed by atoms with Crippen LogP contribution in [0.25, 0.3) is 0 Å². The van der Waals surface area contributed by atoms with E-state index < -0.39 is 0 Å². The van der Waals surface area contributed by atoms with Crippen LogP contribution in [0.1, 0.15) is 29.8 Å². The smallest absolute Gasteiger partial charge is 0.254 e. The Morgan fingerprint density at radius 3 is 2.55 bits per heavy atom. The fourth-order valence-corrected chi connectivity index (χ4v) is 1.90. The van der Waals surface area contributed by atoms with Crippen LogP contribution < -0.4 is 15.4 Å². The van der Waals surface area contributed by atoms with Crippen molar-refractivity contribution in [1.82, 2.24) is 15.3 Å². The number of nitrogens with zero attached hydrogens (tertiary/aromatic N) is 2. The van der Waals surface area contributed by atoms with E-state index in [0.29, 0.717) is 18.1 Å². The Bertz CT molecular complexity index is 626. The molecule has 0 aliphatic carbocycles. The summed E-state index contributed by atoms with van der Waals surface area (Å²) in [7, 11) is 1.61. The van der Waals surface area contributed by atoms with E-state index in [1.165, 1.54) is 12.4 Å². The number of hydrogen-bond acceptors (Lipinski definition) is 5. The van der Waals surface area contributed by atoms with Gasteiger partial charge in [-0.05, 0) is 19.9 Å². The number of carbonyl (C=O) groups excluding carboxylic acids is 1. The molecule has 6 nitrogen and oxygen atoms in total. The SMILES string of the molecule is COc1ccccc1CNC(=O)c1cnc(NC(C)C)nc1. The van der Waals surface area contributed by atoms with Crippen LogP contribution in [-0.2, 0) is 6.54 Å². The lowest BCUT2D eigenvalue weighted by atomic mass is 10.2. The lowest BCUT2D eigenvalue weighted by Crippen LogP contribution is -2.23. The van der Waals surface area contributed by atoms with Crippen molar-refractivity contribution in [2.75, 3.05) is 12.4 Å². The van der Waals surface area contributed by atoms with E-state index >= 15 is 0 Å². The molecule has 0 saturated heterocycles. The molecule has 1 heterocycles. The number of methoxy groups -OCH3 is 1. The Kier molecular flexibility index (Phi) is 5.30. The Morgan fingerprint density at radius 1 is 1.23 bits per heavy atom. The summed E-state index contributed by atoms with van der Waals surface area (Å²) in [6, 6.07) is 7.80. The van der Waals surface area contributed by atoms with Crippen LogP contribution in [0, 0.1) is 0 Å². The molecular formula is C16H20N4O2. The summed E-state index contributed by atoms with van der Waals surface area (Å²) in [6.45, 7) is 4.38. The molecule has 0 saturated carbocycles. The summed E-state index contributed by atoms with van der Waals surface area (Å²) >= 11 is 0. The summed E-state index contributed by atoms with van der Waals surface area (Å²) in [4.78, 5) is 20.3. The van der Waals surface area contributed by atoms with Crippen molar-refractivity contribution in [2.24, 2.45) is 0 Å². The zero-order valence-electron chi connectivity index (χ0n) is 13.0. The molecule has 0 atom stereocenters. The highest BCUT2D eigenvalue weighted by Gasteiger charge is 2.09. The highest BCUT2D eigenvalue weighted by atomic mass is 16.5. The van der Waals surface area contributed by atoms with E-state index in [1.54, 1.807) is 7.11 Å². The number of nitrogens with one attached hydrogen (secondary N) is 2. The van der Waals surface area contributed by atoms with Gasteiger partial charge in [-0.2, -0.15) is 0 Å². The summed E-state index contributed by atoms with van der Waals surface area (Å²) in [5.41, 5.74) is 1.33. The van der Waals surface area contributed by atoms with Crippen molar-refractivity contribution in [3.8, 4) is 5.75 Å². The fraction of sp³-hybridized carbons (Fsp3) is 0.312. The fourth-order valence-electron chi connectivity index (χ4n) is 1.90. The number of anilines is 1. The lowest BCUT2D eigenvalue weighted by molar-refractivity contribution is 0.0950. The zero-order valence-corrected chi connectivity index (χ0v) is 13.0. The third-order valence-corrected chi connectivity index (χ3v) is 2.96. The second kappa shape index (κ2) is 7.40. The van der Waals surface area contributed by atoms with Gasteiger partial charge in [0.1, 0.15) is 5.75 Å². The van der Waals surface area contributed by atoms with Gasteiger partial charge < -0.3 is 15.4 Å². The molecule has 2 rings (SSSR count). The standard InChI is InChI=1S/C16H20N4O2/c1-11(2)20-16-18-9-13(10-19-16)15(21)17-8-12-6-4-5-7-14(12)22-3/h4-7,9-11H,8H2,1-3H3,(H,17,21)(H,18,19,20). The second-order valence-corrected chi connectivity index (χ2v) is 5.09. The average molecular weight is 300 g/mol. The molecule has 116 valence electrons. The number of amides is 1. The predicted molar refractivity (Wildman–Crippen MR) is 85.0 cm³/mol. The van der Waals surface area contributed by atoms with Crippen molar-refractivity contribution in [3.63, 3.8) is 0 Å². The first kappa shape index (κ1) is 15.8. The van der Waals surface area contributed by atoms with Gasteiger partial charge in [-0.25, -0.2) is 9.97 Å². The Balaban J connectivity index is 1.97. The number of benzene rings is 1. The van der Waals surface area contributed by atoms with Crippen LogP contribution in [0.3, 0.4) is 0 Å². The number of aromatic nitrogens is 2. The van der Waals surface area contributed by atoms with E-state index in [2.05, 4.69) is 20.6 Å². The summed E-state index contributed by atoms with van der Waals surface area (Å²) in [5.74, 6) is 1.04. The Labute approximate surface area is 129 Å². The highest BCUT2D eigenvalue weighted by Crippen LogP contribution is 2.16. The molecule has 2 N–H and O–H groups in total. The molecule has 6 heteroatoms. The average Bonchev–Trinajstić information content (AvgIpc) is 2.53. The van der Waals surface area contributed by atoms with E-state index in [9.17, 15) is 4.79 Å². The van der Waals surface area contributed by atoms with Gasteiger partial charge >= 0.3 is 0 Å². The van der Waals surface area contributed by atoms with Gasteiger partial charge in [-0.1, -0.05) is 18.2 Å². The molecule has 1 aromatic heterocycles. The maximum atomic E-state index is 12.1. The molecule has 0 bridgehead atoms. The minimum Gasteiger partial charge on any atom is -0.496 e. The number of hydrogen-bond donors (Lipinski definition) is 2. The summed E-state index contributed by atoms with van der Waals surface area (Å²) in [5, 5.41) is 5.90. The summed E-state index contributed by atoms with van der Waals surface area (Å²) < 4.78 is 5.25. The lowest BCUT2D eigenvalue weighted by Gasteiger charge is -2.10. The number of para-hydroxylation sites is 1. The monoisotopic (exact) mass is 300 g/mol. The first-order valence-corrected chi connectivity index (χ1v) is 7.09. The molecule has 0 unspecified atom stereocenters. The van der Waals surface area contributed by atoms with Gasteiger partial charge in [0.15, 0.2) is 0 Å². The third-order valence-electron chi connectivity index (χ3n) is 2.96. The van der Waals surface area contributed by atoms with Crippen molar-refractivity contribution >= 4 is 11.9 Å².